The van der Waals surface area contributed by atoms with Crippen molar-refractivity contribution < 1.29 is 14.3 Å². The average molecular weight is 257 g/mol. The van der Waals surface area contributed by atoms with Crippen LogP contribution >= 0.6 is 12.4 Å². The lowest BCUT2D eigenvalue weighted by molar-refractivity contribution is -0.137. The fourth-order valence-corrected chi connectivity index (χ4v) is 1.37. The maximum absolute atomic E-state index is 12.7. The fourth-order valence-electron chi connectivity index (χ4n) is 1.37. The largest absolute Gasteiger partial charge is 0.480 e. The number of aromatic nitrogens is 2. The number of aliphatic carboxylic acids is 1. The van der Waals surface area contributed by atoms with Crippen molar-refractivity contribution in [2.24, 2.45) is 0 Å². The van der Waals surface area contributed by atoms with Gasteiger partial charge in [-0.25, -0.2) is 9.37 Å². The van der Waals surface area contributed by atoms with Crippen molar-refractivity contribution in [1.29, 1.82) is 0 Å². The lowest BCUT2D eigenvalue weighted by atomic mass is 10.2. The van der Waals surface area contributed by atoms with Gasteiger partial charge in [0, 0.05) is 11.8 Å². The van der Waals surface area contributed by atoms with E-state index in [4.69, 9.17) is 5.11 Å². The highest BCUT2D eigenvalue weighted by atomic mass is 35.5. The number of hydrogen-bond donors (Lipinski definition) is 1. The Balaban J connectivity index is 0.00000144. The zero-order valence-corrected chi connectivity index (χ0v) is 9.52. The van der Waals surface area contributed by atoms with Crippen LogP contribution in [0.4, 0.5) is 4.39 Å². The maximum atomic E-state index is 12.7. The van der Waals surface area contributed by atoms with Gasteiger partial charge in [0.05, 0.1) is 12.0 Å². The Morgan fingerprint density at radius 3 is 2.59 bits per heavy atom. The molecule has 4 nitrogen and oxygen atoms in total. The zero-order valence-electron chi connectivity index (χ0n) is 8.71. The maximum Gasteiger partial charge on any atom is 0.323 e. The minimum atomic E-state index is -0.928. The van der Waals surface area contributed by atoms with E-state index in [1.54, 1.807) is 18.3 Å². The van der Waals surface area contributed by atoms with E-state index < -0.39 is 5.97 Å². The van der Waals surface area contributed by atoms with Crippen molar-refractivity contribution in [3.8, 4) is 11.3 Å². The number of carboxylic acids is 1. The van der Waals surface area contributed by atoms with Crippen molar-refractivity contribution in [1.82, 2.24) is 9.55 Å². The second-order valence-electron chi connectivity index (χ2n) is 3.33. The van der Waals surface area contributed by atoms with Gasteiger partial charge in [-0.2, -0.15) is 0 Å². The van der Waals surface area contributed by atoms with Gasteiger partial charge in [-0.15, -0.1) is 12.4 Å². The lowest BCUT2D eigenvalue weighted by Crippen LogP contribution is -2.06. The van der Waals surface area contributed by atoms with Crippen LogP contribution in [0.3, 0.4) is 0 Å². The Labute approximate surface area is 103 Å². The van der Waals surface area contributed by atoms with Gasteiger partial charge < -0.3 is 9.67 Å². The molecule has 0 amide bonds. The van der Waals surface area contributed by atoms with Crippen molar-refractivity contribution >= 4 is 18.4 Å². The first-order valence-corrected chi connectivity index (χ1v) is 4.64. The Morgan fingerprint density at radius 2 is 2.00 bits per heavy atom. The Hall–Kier alpha value is -1.88. The normalized spacial score (nSPS) is 9.71. The SMILES string of the molecule is Cl.O=C(O)Cn1cnc(-c2ccc(F)cc2)c1. The van der Waals surface area contributed by atoms with Crippen LogP contribution < -0.4 is 0 Å². The van der Waals surface area contributed by atoms with Gasteiger partial charge in [-0.3, -0.25) is 4.79 Å². The van der Waals surface area contributed by atoms with Gasteiger partial charge in [0.15, 0.2) is 0 Å². The highest BCUT2D eigenvalue weighted by molar-refractivity contribution is 5.85. The summed E-state index contributed by atoms with van der Waals surface area (Å²) in [4.78, 5) is 14.5. The van der Waals surface area contributed by atoms with Crippen LogP contribution in [-0.2, 0) is 11.3 Å². The van der Waals surface area contributed by atoms with Crippen LogP contribution in [0.5, 0.6) is 0 Å². The zero-order chi connectivity index (χ0) is 11.5. The Bertz CT molecular complexity index is 510. The van der Waals surface area contributed by atoms with E-state index in [2.05, 4.69) is 4.98 Å². The number of nitrogens with zero attached hydrogens (tertiary/aromatic N) is 2. The molecule has 0 bridgehead atoms. The topological polar surface area (TPSA) is 55.1 Å². The molecule has 0 spiro atoms. The number of halogens is 2. The van der Waals surface area contributed by atoms with E-state index >= 15 is 0 Å². The summed E-state index contributed by atoms with van der Waals surface area (Å²) < 4.78 is 14.1. The van der Waals surface area contributed by atoms with Crippen LogP contribution in [-0.4, -0.2) is 20.6 Å². The van der Waals surface area contributed by atoms with Crippen molar-refractivity contribution in [2.45, 2.75) is 6.54 Å². The summed E-state index contributed by atoms with van der Waals surface area (Å²) in [5.74, 6) is -1.24. The molecule has 1 aromatic carbocycles. The molecule has 1 heterocycles. The molecular weight excluding hydrogens is 247 g/mol. The number of benzene rings is 1. The molecule has 0 aliphatic rings. The highest BCUT2D eigenvalue weighted by Gasteiger charge is 2.04. The van der Waals surface area contributed by atoms with Crippen LogP contribution in [0.25, 0.3) is 11.3 Å². The standard InChI is InChI=1S/C11H9FN2O2.ClH/c12-9-3-1-8(2-4-9)10-5-14(7-13-10)6-11(15)16;/h1-5,7H,6H2,(H,15,16);1H. The molecule has 17 heavy (non-hydrogen) atoms. The van der Waals surface area contributed by atoms with Crippen molar-refractivity contribution in [2.75, 3.05) is 0 Å². The summed E-state index contributed by atoms with van der Waals surface area (Å²) in [6, 6.07) is 5.88. The molecular formula is C11H10ClFN2O2. The Morgan fingerprint density at radius 1 is 1.35 bits per heavy atom. The first kappa shape index (κ1) is 13.2. The first-order valence-electron chi connectivity index (χ1n) is 4.64. The lowest BCUT2D eigenvalue weighted by Gasteiger charge is -1.96. The third kappa shape index (κ3) is 3.29. The van der Waals surface area contributed by atoms with Crippen molar-refractivity contribution in [3.63, 3.8) is 0 Å². The summed E-state index contributed by atoms with van der Waals surface area (Å²) in [5, 5.41) is 8.58. The third-order valence-electron chi connectivity index (χ3n) is 2.09. The molecule has 2 rings (SSSR count). The molecule has 0 saturated carbocycles. The number of rotatable bonds is 3. The first-order chi connectivity index (χ1) is 7.65. The van der Waals surface area contributed by atoms with Crippen LogP contribution in [0.2, 0.25) is 0 Å². The average Bonchev–Trinajstić information content (AvgIpc) is 2.66. The van der Waals surface area contributed by atoms with Crippen LogP contribution in [0, 0.1) is 5.82 Å². The third-order valence-corrected chi connectivity index (χ3v) is 2.09. The van der Waals surface area contributed by atoms with Gasteiger partial charge in [-0.1, -0.05) is 0 Å². The smallest absolute Gasteiger partial charge is 0.323 e. The van der Waals surface area contributed by atoms with E-state index in [0.29, 0.717) is 5.69 Å². The second-order valence-corrected chi connectivity index (χ2v) is 3.33. The number of imidazole rings is 1. The minimum absolute atomic E-state index is 0. The van der Waals surface area contributed by atoms with E-state index in [9.17, 15) is 9.18 Å². The van der Waals surface area contributed by atoms with Gasteiger partial charge in [-0.05, 0) is 24.3 Å². The molecule has 2 aromatic rings. The number of carboxylic acid groups (broad SMARTS) is 1. The molecule has 0 saturated heterocycles. The van der Waals surface area contributed by atoms with Crippen molar-refractivity contribution in [3.05, 3.63) is 42.6 Å². The van der Waals surface area contributed by atoms with E-state index in [0.717, 1.165) is 5.56 Å². The highest BCUT2D eigenvalue weighted by Crippen LogP contribution is 2.16. The van der Waals surface area contributed by atoms with Gasteiger partial charge in [0.1, 0.15) is 12.4 Å². The molecule has 0 unspecified atom stereocenters. The summed E-state index contributed by atoms with van der Waals surface area (Å²) in [5.41, 5.74) is 1.38. The minimum Gasteiger partial charge on any atom is -0.480 e. The summed E-state index contributed by atoms with van der Waals surface area (Å²) >= 11 is 0. The summed E-state index contributed by atoms with van der Waals surface area (Å²) in [6.45, 7) is -0.131. The number of carbonyl (C=O) groups is 1. The van der Waals surface area contributed by atoms with Gasteiger partial charge in [0.25, 0.3) is 0 Å². The summed E-state index contributed by atoms with van der Waals surface area (Å²) in [7, 11) is 0. The van der Waals surface area contributed by atoms with Crippen LogP contribution in [0.1, 0.15) is 0 Å². The molecule has 0 fully saturated rings. The fraction of sp³-hybridized carbons (Fsp3) is 0.0909. The molecule has 0 aliphatic carbocycles. The number of hydrogen-bond acceptors (Lipinski definition) is 2. The molecule has 0 atom stereocenters. The Kier molecular flexibility index (Phi) is 4.23. The molecule has 6 heteroatoms. The quantitative estimate of drug-likeness (QED) is 0.916. The van der Waals surface area contributed by atoms with Gasteiger partial charge in [0.2, 0.25) is 0 Å². The predicted octanol–water partition coefficient (Wildman–Crippen LogP) is 2.20. The molecule has 0 aliphatic heterocycles. The summed E-state index contributed by atoms with van der Waals surface area (Å²) in [6.07, 6.45) is 3.05. The van der Waals surface area contributed by atoms with E-state index in [1.807, 2.05) is 0 Å². The van der Waals surface area contributed by atoms with E-state index in [1.165, 1.54) is 23.0 Å². The second kappa shape index (κ2) is 5.45. The monoisotopic (exact) mass is 256 g/mol. The van der Waals surface area contributed by atoms with Crippen LogP contribution in [0.15, 0.2) is 36.8 Å². The van der Waals surface area contributed by atoms with Gasteiger partial charge >= 0.3 is 5.97 Å². The molecule has 1 aromatic heterocycles. The molecule has 0 radical (unpaired) electrons. The predicted molar refractivity (Wildman–Crippen MR) is 62.5 cm³/mol. The van der Waals surface area contributed by atoms with E-state index in [-0.39, 0.29) is 24.8 Å². The molecule has 90 valence electrons. The molecule has 1 N–H and O–H groups in total.